The van der Waals surface area contributed by atoms with Crippen molar-refractivity contribution in [3.8, 4) is 0 Å². The van der Waals surface area contributed by atoms with Gasteiger partial charge in [0.2, 0.25) is 0 Å². The van der Waals surface area contributed by atoms with Crippen LogP contribution in [0.5, 0.6) is 0 Å². The summed E-state index contributed by atoms with van der Waals surface area (Å²) in [4.78, 5) is 2.12. The van der Waals surface area contributed by atoms with Gasteiger partial charge >= 0.3 is 0 Å². The van der Waals surface area contributed by atoms with Crippen molar-refractivity contribution in [1.82, 2.24) is 4.90 Å². The Morgan fingerprint density at radius 2 is 2.29 bits per heavy atom. The lowest BCUT2D eigenvalue weighted by atomic mass is 10.0. The summed E-state index contributed by atoms with van der Waals surface area (Å²) in [7, 11) is 2.01. The predicted molar refractivity (Wildman–Crippen MR) is 28.1 cm³/mol. The molecule has 1 aliphatic rings. The molecule has 2 heteroatoms. The van der Waals surface area contributed by atoms with E-state index in [1.165, 1.54) is 0 Å². The molecule has 1 saturated heterocycles. The molecule has 7 heavy (non-hydrogen) atoms. The van der Waals surface area contributed by atoms with Gasteiger partial charge in [-0.1, -0.05) is 0 Å². The minimum atomic E-state index is -0.0648. The fraction of sp³-hybridized carbons (Fsp3) is 1.00. The molecule has 42 valence electrons. The number of aliphatic hydroxyl groups excluding tert-OH is 1. The van der Waals surface area contributed by atoms with Crippen LogP contribution >= 0.6 is 0 Å². The Hall–Kier alpha value is -0.0800. The first-order valence-electron chi connectivity index (χ1n) is 2.60. The Kier molecular flexibility index (Phi) is 1.05. The van der Waals surface area contributed by atoms with E-state index in [0.29, 0.717) is 6.04 Å². The third kappa shape index (κ3) is 0.640. The molecule has 0 radical (unpaired) electrons. The Bertz CT molecular complexity index is 66.5. The Balaban J connectivity index is 2.29. The summed E-state index contributed by atoms with van der Waals surface area (Å²) in [6, 6.07) is 0.389. The molecule has 1 rings (SSSR count). The fourth-order valence-electron chi connectivity index (χ4n) is 0.770. The highest BCUT2D eigenvalue weighted by Gasteiger charge is 2.29. The van der Waals surface area contributed by atoms with Gasteiger partial charge in [0, 0.05) is 12.6 Å². The van der Waals surface area contributed by atoms with Crippen molar-refractivity contribution in [2.24, 2.45) is 0 Å². The van der Waals surface area contributed by atoms with Crippen LogP contribution < -0.4 is 0 Å². The number of hydrogen-bond acceptors (Lipinski definition) is 2. The maximum Gasteiger partial charge on any atom is 0.0819 e. The van der Waals surface area contributed by atoms with Crippen molar-refractivity contribution in [3.05, 3.63) is 0 Å². The van der Waals surface area contributed by atoms with Gasteiger partial charge in [-0.3, -0.25) is 4.90 Å². The lowest BCUT2D eigenvalue weighted by Gasteiger charge is -2.40. The van der Waals surface area contributed by atoms with Crippen molar-refractivity contribution in [3.63, 3.8) is 0 Å². The van der Waals surface area contributed by atoms with Gasteiger partial charge in [-0.25, -0.2) is 0 Å². The molecule has 2 nitrogen and oxygen atoms in total. The Morgan fingerprint density at radius 3 is 2.29 bits per heavy atom. The molecular weight excluding hydrogens is 90.1 g/mol. The van der Waals surface area contributed by atoms with Crippen LogP contribution in [-0.4, -0.2) is 35.7 Å². The largest absolute Gasteiger partial charge is 0.390 e. The smallest absolute Gasteiger partial charge is 0.0819 e. The van der Waals surface area contributed by atoms with Crippen molar-refractivity contribution in [1.29, 1.82) is 0 Å². The average Bonchev–Trinajstić information content (AvgIpc) is 1.68. The van der Waals surface area contributed by atoms with Crippen molar-refractivity contribution in [2.75, 3.05) is 13.6 Å². The molecule has 0 amide bonds. The topological polar surface area (TPSA) is 23.5 Å². The Labute approximate surface area is 43.7 Å². The van der Waals surface area contributed by atoms with Gasteiger partial charge < -0.3 is 5.11 Å². The molecule has 1 aliphatic heterocycles. The molecule has 1 N–H and O–H groups in total. The van der Waals surface area contributed by atoms with Crippen LogP contribution in [0.4, 0.5) is 0 Å². The van der Waals surface area contributed by atoms with Crippen LogP contribution in [0.2, 0.25) is 0 Å². The molecular formula is C5H11NO. The van der Waals surface area contributed by atoms with Gasteiger partial charge in [0.1, 0.15) is 0 Å². The number of aliphatic hydroxyl groups is 1. The molecule has 0 bridgehead atoms. The van der Waals surface area contributed by atoms with Gasteiger partial charge in [-0.05, 0) is 14.0 Å². The van der Waals surface area contributed by atoms with E-state index in [1.807, 2.05) is 14.0 Å². The molecule has 2 atom stereocenters. The van der Waals surface area contributed by atoms with Crippen LogP contribution in [0.1, 0.15) is 6.92 Å². The van der Waals surface area contributed by atoms with E-state index >= 15 is 0 Å². The summed E-state index contributed by atoms with van der Waals surface area (Å²) < 4.78 is 0. The molecule has 0 aromatic carbocycles. The predicted octanol–water partition coefficient (Wildman–Crippen LogP) is -0.319. The zero-order chi connectivity index (χ0) is 5.44. The third-order valence-electron chi connectivity index (χ3n) is 1.73. The SMILES string of the molecule is CC1C(O)CN1C. The molecule has 1 fully saturated rings. The molecule has 0 aromatic rings. The number of nitrogens with zero attached hydrogens (tertiary/aromatic N) is 1. The fourth-order valence-corrected chi connectivity index (χ4v) is 0.770. The molecule has 0 aromatic heterocycles. The first-order chi connectivity index (χ1) is 3.22. The quantitative estimate of drug-likeness (QED) is 0.452. The van der Waals surface area contributed by atoms with Crippen LogP contribution in [-0.2, 0) is 0 Å². The number of hydrogen-bond donors (Lipinski definition) is 1. The molecule has 0 spiro atoms. The minimum absolute atomic E-state index is 0.0648. The van der Waals surface area contributed by atoms with Gasteiger partial charge in [0.15, 0.2) is 0 Å². The van der Waals surface area contributed by atoms with Gasteiger partial charge in [0.25, 0.3) is 0 Å². The van der Waals surface area contributed by atoms with Crippen molar-refractivity contribution < 1.29 is 5.11 Å². The van der Waals surface area contributed by atoms with Crippen LogP contribution in [0.15, 0.2) is 0 Å². The van der Waals surface area contributed by atoms with Crippen molar-refractivity contribution >= 4 is 0 Å². The molecule has 2 unspecified atom stereocenters. The Morgan fingerprint density at radius 1 is 1.71 bits per heavy atom. The monoisotopic (exact) mass is 101 g/mol. The van der Waals surface area contributed by atoms with Crippen molar-refractivity contribution in [2.45, 2.75) is 19.1 Å². The number of rotatable bonds is 0. The summed E-state index contributed by atoms with van der Waals surface area (Å²) in [5, 5.41) is 8.85. The standard InChI is InChI=1S/C5H11NO/c1-4-5(7)3-6(4)2/h4-5,7H,3H2,1-2H3. The van der Waals surface area contributed by atoms with E-state index in [4.69, 9.17) is 5.11 Å². The highest BCUT2D eigenvalue weighted by molar-refractivity contribution is 4.85. The summed E-state index contributed by atoms with van der Waals surface area (Å²) >= 11 is 0. The summed E-state index contributed by atoms with van der Waals surface area (Å²) in [5.41, 5.74) is 0. The molecule has 0 aliphatic carbocycles. The first kappa shape index (κ1) is 5.06. The van der Waals surface area contributed by atoms with Crippen LogP contribution in [0.25, 0.3) is 0 Å². The zero-order valence-electron chi connectivity index (χ0n) is 4.76. The number of likely N-dealkylation sites (N-methyl/N-ethyl adjacent to an activating group) is 1. The maximum atomic E-state index is 8.85. The lowest BCUT2D eigenvalue weighted by Crippen LogP contribution is -2.55. The zero-order valence-corrected chi connectivity index (χ0v) is 4.76. The molecule has 0 saturated carbocycles. The lowest BCUT2D eigenvalue weighted by molar-refractivity contribution is -0.0352. The maximum absolute atomic E-state index is 8.85. The van der Waals surface area contributed by atoms with E-state index in [-0.39, 0.29) is 6.10 Å². The van der Waals surface area contributed by atoms with Gasteiger partial charge in [-0.15, -0.1) is 0 Å². The van der Waals surface area contributed by atoms with E-state index in [2.05, 4.69) is 4.90 Å². The van der Waals surface area contributed by atoms with Gasteiger partial charge in [0.05, 0.1) is 6.10 Å². The number of likely N-dealkylation sites (tertiary alicyclic amines) is 1. The van der Waals surface area contributed by atoms with E-state index in [9.17, 15) is 0 Å². The van der Waals surface area contributed by atoms with Crippen LogP contribution in [0, 0.1) is 0 Å². The van der Waals surface area contributed by atoms with E-state index in [0.717, 1.165) is 6.54 Å². The highest BCUT2D eigenvalue weighted by atomic mass is 16.3. The van der Waals surface area contributed by atoms with Gasteiger partial charge in [-0.2, -0.15) is 0 Å². The van der Waals surface area contributed by atoms with E-state index in [1.54, 1.807) is 0 Å². The second-order valence-corrected chi connectivity index (χ2v) is 2.25. The third-order valence-corrected chi connectivity index (χ3v) is 1.73. The van der Waals surface area contributed by atoms with Crippen LogP contribution in [0.3, 0.4) is 0 Å². The highest BCUT2D eigenvalue weighted by Crippen LogP contribution is 2.12. The normalized spacial score (nSPS) is 43.3. The van der Waals surface area contributed by atoms with E-state index < -0.39 is 0 Å². The molecule has 1 heterocycles. The first-order valence-corrected chi connectivity index (χ1v) is 2.60. The average molecular weight is 101 g/mol. The minimum Gasteiger partial charge on any atom is -0.390 e. The summed E-state index contributed by atoms with van der Waals surface area (Å²) in [6.45, 7) is 2.87. The summed E-state index contributed by atoms with van der Waals surface area (Å²) in [6.07, 6.45) is -0.0648. The number of β-amino-alcohol motifs (C(OH)–C–C–N with tert-alkyl or cyclic N) is 1. The summed E-state index contributed by atoms with van der Waals surface area (Å²) in [5.74, 6) is 0. The second kappa shape index (κ2) is 1.46. The second-order valence-electron chi connectivity index (χ2n) is 2.25.